The van der Waals surface area contributed by atoms with Crippen LogP contribution in [0.4, 0.5) is 13.2 Å². The Morgan fingerprint density at radius 1 is 1.10 bits per heavy atom. The van der Waals surface area contributed by atoms with E-state index >= 15 is 8.78 Å². The smallest absolute Gasteiger partial charge is 0.337 e. The van der Waals surface area contributed by atoms with Crippen molar-refractivity contribution < 1.29 is 32.2 Å². The zero-order chi connectivity index (χ0) is 29.4. The van der Waals surface area contributed by atoms with Crippen LogP contribution in [0.3, 0.4) is 0 Å². The van der Waals surface area contributed by atoms with E-state index in [1.54, 1.807) is 18.2 Å². The summed E-state index contributed by atoms with van der Waals surface area (Å²) in [6, 6.07) is 11.4. The molecule has 0 bridgehead atoms. The maximum absolute atomic E-state index is 15.5. The second-order valence-corrected chi connectivity index (χ2v) is 11.0. The second-order valence-electron chi connectivity index (χ2n) is 9.73. The minimum atomic E-state index is -0.670. The highest BCUT2D eigenvalue weighted by Crippen LogP contribution is 2.37. The average molecular weight is 614 g/mol. The number of fused-ring (bicyclic) bond motifs is 1. The number of carbonyl (C=O) groups is 1. The molecule has 5 aromatic rings. The summed E-state index contributed by atoms with van der Waals surface area (Å²) < 4.78 is 63.2. The fourth-order valence-electron chi connectivity index (χ4n) is 4.76. The van der Waals surface area contributed by atoms with Gasteiger partial charge in [0.05, 0.1) is 41.9 Å². The third-order valence-corrected chi connectivity index (χ3v) is 8.15. The molecule has 3 heterocycles. The van der Waals surface area contributed by atoms with Crippen molar-refractivity contribution in [1.82, 2.24) is 14.5 Å². The number of methoxy groups -OCH3 is 1. The van der Waals surface area contributed by atoms with Gasteiger partial charge in [0.2, 0.25) is 5.88 Å². The summed E-state index contributed by atoms with van der Waals surface area (Å²) in [6.07, 6.45) is 0.815. The van der Waals surface area contributed by atoms with E-state index in [2.05, 4.69) is 9.97 Å². The molecule has 0 amide bonds. The Labute approximate surface area is 247 Å². The summed E-state index contributed by atoms with van der Waals surface area (Å²) in [4.78, 5) is 21.2. The van der Waals surface area contributed by atoms with Crippen LogP contribution in [0.15, 0.2) is 54.0 Å². The van der Waals surface area contributed by atoms with Gasteiger partial charge in [-0.3, -0.25) is 0 Å². The number of benzene rings is 3. The minimum Gasteiger partial charge on any atom is -0.472 e. The quantitative estimate of drug-likeness (QED) is 0.167. The van der Waals surface area contributed by atoms with Gasteiger partial charge in [0.1, 0.15) is 34.8 Å². The number of thiazole rings is 1. The molecule has 0 saturated carbocycles. The molecule has 0 N–H and O–H groups in total. The van der Waals surface area contributed by atoms with Gasteiger partial charge in [-0.15, -0.1) is 11.3 Å². The molecule has 1 saturated heterocycles. The summed E-state index contributed by atoms with van der Waals surface area (Å²) >= 11 is 6.88. The van der Waals surface area contributed by atoms with Crippen LogP contribution in [0.25, 0.3) is 21.5 Å². The lowest BCUT2D eigenvalue weighted by molar-refractivity contribution is -0.0589. The van der Waals surface area contributed by atoms with Gasteiger partial charge < -0.3 is 18.8 Å². The molecular weight excluding hydrogens is 591 g/mol. The SMILES string of the molecule is COC(=O)c1ccc2nc(Cc3cc(F)c(-c4scnc4OCc4ccc(Cl)cc4F)cc3F)n(C[C@@H]3CCO3)c2c1. The molecule has 1 fully saturated rings. The van der Waals surface area contributed by atoms with Gasteiger partial charge in [0.15, 0.2) is 0 Å². The normalized spacial score (nSPS) is 14.6. The topological polar surface area (TPSA) is 75.5 Å². The Bertz CT molecular complexity index is 1800. The van der Waals surface area contributed by atoms with E-state index in [9.17, 15) is 9.18 Å². The summed E-state index contributed by atoms with van der Waals surface area (Å²) in [5.41, 5.74) is 3.41. The number of imidazole rings is 1. The van der Waals surface area contributed by atoms with Crippen LogP contribution in [0.5, 0.6) is 5.88 Å². The average Bonchev–Trinajstić information content (AvgIpc) is 3.55. The van der Waals surface area contributed by atoms with E-state index in [0.29, 0.717) is 35.6 Å². The molecule has 1 aliphatic rings. The van der Waals surface area contributed by atoms with Crippen LogP contribution in [0, 0.1) is 17.5 Å². The number of ether oxygens (including phenoxy) is 3. The molecule has 2 aromatic heterocycles. The van der Waals surface area contributed by atoms with Crippen molar-refractivity contribution in [2.75, 3.05) is 13.7 Å². The molecule has 42 heavy (non-hydrogen) atoms. The molecule has 1 atom stereocenters. The maximum atomic E-state index is 15.5. The van der Waals surface area contributed by atoms with Crippen LogP contribution in [0.1, 0.15) is 33.7 Å². The molecule has 216 valence electrons. The van der Waals surface area contributed by atoms with Crippen LogP contribution < -0.4 is 4.74 Å². The number of hydrogen-bond donors (Lipinski definition) is 0. The lowest BCUT2D eigenvalue weighted by Crippen LogP contribution is -2.31. The van der Waals surface area contributed by atoms with Crippen LogP contribution in [-0.2, 0) is 29.0 Å². The number of halogens is 4. The zero-order valence-electron chi connectivity index (χ0n) is 22.2. The maximum Gasteiger partial charge on any atom is 0.337 e. The Hall–Kier alpha value is -3.93. The Morgan fingerprint density at radius 2 is 1.90 bits per heavy atom. The fourth-order valence-corrected chi connectivity index (χ4v) is 5.67. The van der Waals surface area contributed by atoms with Gasteiger partial charge in [-0.05, 0) is 54.4 Å². The molecule has 1 aliphatic heterocycles. The number of hydrogen-bond acceptors (Lipinski definition) is 7. The lowest BCUT2D eigenvalue weighted by Gasteiger charge is -2.27. The van der Waals surface area contributed by atoms with Crippen molar-refractivity contribution in [3.05, 3.63) is 99.0 Å². The monoisotopic (exact) mass is 613 g/mol. The van der Waals surface area contributed by atoms with Crippen LogP contribution >= 0.6 is 22.9 Å². The van der Waals surface area contributed by atoms with E-state index in [4.69, 9.17) is 25.8 Å². The first-order valence-corrected chi connectivity index (χ1v) is 14.2. The molecule has 0 aliphatic carbocycles. The molecule has 7 nitrogen and oxygen atoms in total. The molecule has 0 unspecified atom stereocenters. The highest BCUT2D eigenvalue weighted by atomic mass is 35.5. The lowest BCUT2D eigenvalue weighted by atomic mass is 10.1. The van der Waals surface area contributed by atoms with E-state index in [1.165, 1.54) is 30.8 Å². The van der Waals surface area contributed by atoms with Gasteiger partial charge in [0.25, 0.3) is 0 Å². The summed E-state index contributed by atoms with van der Waals surface area (Å²) in [5, 5.41) is 0.251. The molecule has 6 rings (SSSR count). The van der Waals surface area contributed by atoms with Crippen molar-refractivity contribution in [3.8, 4) is 16.3 Å². The van der Waals surface area contributed by atoms with Crippen LogP contribution in [-0.4, -0.2) is 40.3 Å². The van der Waals surface area contributed by atoms with Crippen molar-refractivity contribution in [2.45, 2.75) is 32.1 Å². The number of nitrogens with zero attached hydrogens (tertiary/aromatic N) is 3. The van der Waals surface area contributed by atoms with Gasteiger partial charge in [-0.25, -0.2) is 27.9 Å². The Kier molecular flexibility index (Phi) is 7.89. The van der Waals surface area contributed by atoms with Gasteiger partial charge >= 0.3 is 5.97 Å². The summed E-state index contributed by atoms with van der Waals surface area (Å²) in [5.74, 6) is -1.78. The van der Waals surface area contributed by atoms with Gasteiger partial charge in [-0.1, -0.05) is 17.7 Å². The van der Waals surface area contributed by atoms with Gasteiger partial charge in [-0.2, -0.15) is 0 Å². The van der Waals surface area contributed by atoms with Crippen molar-refractivity contribution in [1.29, 1.82) is 0 Å². The largest absolute Gasteiger partial charge is 0.472 e. The van der Waals surface area contributed by atoms with E-state index in [0.717, 1.165) is 29.9 Å². The summed E-state index contributed by atoms with van der Waals surface area (Å²) in [7, 11) is 1.30. The molecule has 12 heteroatoms. The summed E-state index contributed by atoms with van der Waals surface area (Å²) in [6.45, 7) is 0.939. The van der Waals surface area contributed by atoms with Crippen molar-refractivity contribution in [3.63, 3.8) is 0 Å². The van der Waals surface area contributed by atoms with Crippen molar-refractivity contribution >= 4 is 39.9 Å². The fraction of sp³-hybridized carbons (Fsp3) is 0.233. The predicted molar refractivity (Wildman–Crippen MR) is 151 cm³/mol. The van der Waals surface area contributed by atoms with Crippen LogP contribution in [0.2, 0.25) is 5.02 Å². The molecule has 0 radical (unpaired) electrons. The Morgan fingerprint density at radius 3 is 2.64 bits per heavy atom. The third-order valence-electron chi connectivity index (χ3n) is 7.07. The van der Waals surface area contributed by atoms with Gasteiger partial charge in [0, 0.05) is 29.2 Å². The highest BCUT2D eigenvalue weighted by Gasteiger charge is 2.24. The highest BCUT2D eigenvalue weighted by molar-refractivity contribution is 7.13. The Balaban J connectivity index is 1.29. The van der Waals surface area contributed by atoms with E-state index in [-0.39, 0.29) is 51.6 Å². The predicted octanol–water partition coefficient (Wildman–Crippen LogP) is 6.98. The first-order valence-electron chi connectivity index (χ1n) is 13.0. The molecule has 3 aromatic carbocycles. The van der Waals surface area contributed by atoms with Crippen molar-refractivity contribution in [2.24, 2.45) is 0 Å². The first kappa shape index (κ1) is 28.2. The third kappa shape index (κ3) is 5.59. The standard InChI is InChI=1S/C30H23ClF3N3O4S/c1-39-30(38)16-3-5-25-26(9-16)37(13-20-6-7-40-20)27(36-25)10-18-8-24(34)21(12-23(18)33)28-29(35-15-42-28)41-14-17-2-4-19(31)11-22(17)32/h2-5,8-9,11-12,15,20H,6-7,10,13-14H2,1H3/t20-/m0/s1. The first-order chi connectivity index (χ1) is 20.3. The zero-order valence-corrected chi connectivity index (χ0v) is 23.8. The number of aromatic nitrogens is 3. The molecule has 0 spiro atoms. The second kappa shape index (κ2) is 11.7. The molecular formula is C30H23ClF3N3O4S. The van der Waals surface area contributed by atoms with E-state index < -0.39 is 23.4 Å². The number of esters is 1. The number of rotatable bonds is 9. The minimum absolute atomic E-state index is 0.000117. The van der Waals surface area contributed by atoms with E-state index in [1.807, 2.05) is 4.57 Å². The number of carbonyl (C=O) groups excluding carboxylic acids is 1.